The maximum absolute atomic E-state index is 13.0. The highest BCUT2D eigenvalue weighted by molar-refractivity contribution is 8.13. The smallest absolute Gasteiger partial charge is 0.276 e. The average Bonchev–Trinajstić information content (AvgIpc) is 2.71. The Balaban J connectivity index is 1.80. The number of nitrogens with zero attached hydrogens (tertiary/aromatic N) is 3. The van der Waals surface area contributed by atoms with Crippen LogP contribution in [0.5, 0.6) is 0 Å². The van der Waals surface area contributed by atoms with Crippen LogP contribution in [0.2, 0.25) is 10.0 Å². The van der Waals surface area contributed by atoms with Crippen LogP contribution in [-0.4, -0.2) is 21.8 Å². The second-order valence-electron chi connectivity index (χ2n) is 6.79. The fourth-order valence-corrected chi connectivity index (χ4v) is 4.69. The van der Waals surface area contributed by atoms with E-state index in [1.807, 2.05) is 30.3 Å². The largest absolute Gasteiger partial charge is 0.298 e. The van der Waals surface area contributed by atoms with Crippen LogP contribution in [0.1, 0.15) is 37.9 Å². The molecule has 0 saturated carbocycles. The Bertz CT molecular complexity index is 1100. The molecule has 0 radical (unpaired) electrons. The summed E-state index contributed by atoms with van der Waals surface area (Å²) in [5, 5.41) is 12.4. The molecule has 2 aromatic rings. The first-order valence-corrected chi connectivity index (χ1v) is 11.3. The van der Waals surface area contributed by atoms with Gasteiger partial charge in [-0.1, -0.05) is 79.0 Å². The Morgan fingerprint density at radius 1 is 1.17 bits per heavy atom. The number of amidine groups is 1. The fourth-order valence-electron chi connectivity index (χ4n) is 3.33. The number of carbonyl (C=O) groups excluding carboxylic acids is 1. The number of fused-ring (bicyclic) bond motifs is 2. The predicted molar refractivity (Wildman–Crippen MR) is 119 cm³/mol. The lowest BCUT2D eigenvalue weighted by molar-refractivity contribution is -0.116. The number of hydrazone groups is 1. The van der Waals surface area contributed by atoms with Gasteiger partial charge in [0.25, 0.3) is 5.91 Å². The van der Waals surface area contributed by atoms with Gasteiger partial charge in [0.05, 0.1) is 5.36 Å². The van der Waals surface area contributed by atoms with Crippen LogP contribution in [-0.2, 0) is 4.79 Å². The summed E-state index contributed by atoms with van der Waals surface area (Å²) < 4.78 is 0. The Morgan fingerprint density at radius 2 is 2.00 bits per heavy atom. The summed E-state index contributed by atoms with van der Waals surface area (Å²) in [5.74, 6) is 0.714. The van der Waals surface area contributed by atoms with Gasteiger partial charge in [0, 0.05) is 26.6 Å². The Morgan fingerprint density at radius 3 is 2.79 bits per heavy atom. The van der Waals surface area contributed by atoms with Crippen molar-refractivity contribution in [3.8, 4) is 0 Å². The highest BCUT2D eigenvalue weighted by atomic mass is 35.5. The molecule has 1 amide bonds. The van der Waals surface area contributed by atoms with E-state index in [4.69, 9.17) is 33.3 Å². The van der Waals surface area contributed by atoms with Gasteiger partial charge in [-0.15, -0.1) is 5.10 Å². The molecule has 4 rings (SSSR count). The number of thioether (sulfide) groups is 1. The predicted octanol–water partition coefficient (Wildman–Crippen LogP) is 4.06. The number of rotatable bonds is 5. The Hall–Kier alpha value is -2.02. The fraction of sp³-hybridized carbons (Fsp3) is 0.286. The highest BCUT2D eigenvalue weighted by Gasteiger charge is 2.35. The highest BCUT2D eigenvalue weighted by Crippen LogP contribution is 2.35. The average molecular weight is 447 g/mol. The summed E-state index contributed by atoms with van der Waals surface area (Å²) in [6.07, 6.45) is 2.84. The quantitative estimate of drug-likeness (QED) is 0.704. The van der Waals surface area contributed by atoms with Crippen molar-refractivity contribution in [1.29, 1.82) is 0 Å². The first-order chi connectivity index (χ1) is 14.1. The Kier molecular flexibility index (Phi) is 6.13. The van der Waals surface area contributed by atoms with Gasteiger partial charge in [0.1, 0.15) is 5.70 Å². The monoisotopic (exact) mass is 446 g/mol. The molecule has 2 aliphatic rings. The van der Waals surface area contributed by atoms with Crippen molar-refractivity contribution in [3.63, 3.8) is 0 Å². The van der Waals surface area contributed by atoms with Crippen molar-refractivity contribution in [2.45, 2.75) is 32.4 Å². The zero-order valence-corrected chi connectivity index (χ0v) is 18.2. The molecule has 5 nitrogen and oxygen atoms in total. The normalized spacial score (nSPS) is 17.8. The molecule has 0 saturated heterocycles. The van der Waals surface area contributed by atoms with Gasteiger partial charge in [-0.05, 0) is 24.6 Å². The topological polar surface area (TPSA) is 57.1 Å². The van der Waals surface area contributed by atoms with Crippen LogP contribution in [0.15, 0.2) is 52.6 Å². The molecule has 0 spiro atoms. The van der Waals surface area contributed by atoms with Gasteiger partial charge >= 0.3 is 0 Å². The number of para-hydroxylation sites is 1. The second kappa shape index (κ2) is 8.78. The Labute approximate surface area is 183 Å². The van der Waals surface area contributed by atoms with Crippen LogP contribution in [0.3, 0.4) is 0 Å². The maximum Gasteiger partial charge on any atom is 0.276 e. The van der Waals surface area contributed by atoms with E-state index in [2.05, 4.69) is 12.2 Å². The third-order valence-electron chi connectivity index (χ3n) is 4.74. The number of carbonyl (C=O) groups is 1. The summed E-state index contributed by atoms with van der Waals surface area (Å²) >= 11 is 14.1. The summed E-state index contributed by atoms with van der Waals surface area (Å²) in [7, 11) is 0. The van der Waals surface area contributed by atoms with E-state index in [-0.39, 0.29) is 5.91 Å². The van der Waals surface area contributed by atoms with Gasteiger partial charge in [-0.25, -0.2) is 5.01 Å². The van der Waals surface area contributed by atoms with Crippen molar-refractivity contribution in [3.05, 3.63) is 68.6 Å². The van der Waals surface area contributed by atoms with Gasteiger partial charge in [-0.2, -0.15) is 0 Å². The number of halogens is 2. The zero-order valence-electron chi connectivity index (χ0n) is 15.9. The number of benzene rings is 2. The molecule has 1 N–H and O–H groups in total. The number of amides is 1. The first-order valence-electron chi connectivity index (χ1n) is 9.52. The van der Waals surface area contributed by atoms with E-state index in [0.717, 1.165) is 41.2 Å². The van der Waals surface area contributed by atoms with E-state index in [1.165, 1.54) is 0 Å². The molecular weight excluding hydrogens is 427 g/mol. The molecule has 8 heteroatoms. The molecule has 150 valence electrons. The lowest BCUT2D eigenvalue weighted by atomic mass is 10.1. The van der Waals surface area contributed by atoms with Crippen LogP contribution in [0, 0.1) is 0 Å². The lowest BCUT2D eigenvalue weighted by Crippen LogP contribution is -2.50. The third kappa shape index (κ3) is 4.15. The van der Waals surface area contributed by atoms with Gasteiger partial charge in [0.15, 0.2) is 11.3 Å². The first kappa shape index (κ1) is 20.3. The van der Waals surface area contributed by atoms with Crippen molar-refractivity contribution in [2.24, 2.45) is 10.1 Å². The maximum atomic E-state index is 13.0. The van der Waals surface area contributed by atoms with E-state index < -0.39 is 6.17 Å². The lowest BCUT2D eigenvalue weighted by Gasteiger charge is -2.34. The van der Waals surface area contributed by atoms with Gasteiger partial charge in [0.2, 0.25) is 0 Å². The molecule has 2 heterocycles. The van der Waals surface area contributed by atoms with E-state index in [9.17, 15) is 4.79 Å². The molecule has 0 aromatic heterocycles. The standard InChI is InChI=1S/C21H20Cl2N4OS/c1-2-3-6-11-29-21-25-20(28)18-15-7-4-5-8-17(15)24-19(27(18)26-21)14-10-9-13(22)12-16(14)23/h4-5,7-10,12,19H,2-3,6,11H2,1H3,(H,25,26,28). The second-order valence-corrected chi connectivity index (χ2v) is 8.72. The van der Waals surface area contributed by atoms with Crippen LogP contribution >= 0.6 is 35.0 Å². The van der Waals surface area contributed by atoms with Crippen molar-refractivity contribution in [1.82, 2.24) is 10.3 Å². The minimum Gasteiger partial charge on any atom is -0.298 e. The summed E-state index contributed by atoms with van der Waals surface area (Å²) in [6, 6.07) is 12.9. The van der Waals surface area contributed by atoms with Gasteiger partial charge < -0.3 is 0 Å². The molecule has 0 fully saturated rings. The molecule has 29 heavy (non-hydrogen) atoms. The summed E-state index contributed by atoms with van der Waals surface area (Å²) in [4.78, 5) is 17.9. The molecule has 2 aliphatic heterocycles. The molecule has 2 aromatic carbocycles. The third-order valence-corrected chi connectivity index (χ3v) is 6.26. The minimum atomic E-state index is -0.540. The van der Waals surface area contributed by atoms with E-state index in [1.54, 1.807) is 28.9 Å². The van der Waals surface area contributed by atoms with Crippen molar-refractivity contribution >= 4 is 51.7 Å². The van der Waals surface area contributed by atoms with Crippen LogP contribution in [0.4, 0.5) is 0 Å². The molecular formula is C21H20Cl2N4OS. The van der Waals surface area contributed by atoms with E-state index in [0.29, 0.717) is 20.9 Å². The molecule has 0 aliphatic carbocycles. The molecule has 0 bridgehead atoms. The van der Waals surface area contributed by atoms with Crippen molar-refractivity contribution < 1.29 is 4.79 Å². The zero-order chi connectivity index (χ0) is 20.4. The summed E-state index contributed by atoms with van der Waals surface area (Å²) in [6.45, 7) is 2.17. The van der Waals surface area contributed by atoms with Crippen molar-refractivity contribution in [2.75, 3.05) is 5.75 Å². The van der Waals surface area contributed by atoms with Crippen LogP contribution in [0.25, 0.3) is 5.70 Å². The molecule has 1 atom stereocenters. The van der Waals surface area contributed by atoms with Crippen LogP contribution < -0.4 is 15.9 Å². The number of nitrogens with one attached hydrogen (secondary N) is 1. The number of hydrogen-bond acceptors (Lipinski definition) is 5. The minimum absolute atomic E-state index is 0.185. The molecule has 1 unspecified atom stereocenters. The van der Waals surface area contributed by atoms with E-state index >= 15 is 0 Å². The number of unbranched alkanes of at least 4 members (excludes halogenated alkanes) is 2. The summed E-state index contributed by atoms with van der Waals surface area (Å²) in [5.41, 5.74) is 1.22. The SMILES string of the molecule is CCCCCSC1=NN2C(=c3ccccc3=NC2c2ccc(Cl)cc2Cl)C(=O)N1. The van der Waals surface area contributed by atoms with Gasteiger partial charge in [-0.3, -0.25) is 15.1 Å². The number of hydrogen-bond donors (Lipinski definition) is 1.